The molecule has 3 heterocycles. The SMILES string of the molecule is Cc1cc(CN(CC(C)C)C(=O)[C@H](C)N(Cc2cncs2)S(=O)(=O)c2ccc3occc3c2)n(C)n1. The fourth-order valence-corrected chi connectivity index (χ4v) is 6.49. The van der Waals surface area contributed by atoms with Crippen LogP contribution in [-0.4, -0.2) is 50.9 Å². The second kappa shape index (κ2) is 10.5. The van der Waals surface area contributed by atoms with Gasteiger partial charge in [-0.15, -0.1) is 11.3 Å². The van der Waals surface area contributed by atoms with Gasteiger partial charge in [0, 0.05) is 30.1 Å². The van der Waals surface area contributed by atoms with Gasteiger partial charge in [0.1, 0.15) is 11.6 Å². The van der Waals surface area contributed by atoms with Crippen LogP contribution in [0.15, 0.2) is 57.6 Å². The van der Waals surface area contributed by atoms with E-state index >= 15 is 0 Å². The fraction of sp³-hybridized carbons (Fsp3) is 0.400. The first kappa shape index (κ1) is 26.1. The molecule has 0 fully saturated rings. The second-order valence-electron chi connectivity index (χ2n) is 9.33. The summed E-state index contributed by atoms with van der Waals surface area (Å²) in [5, 5.41) is 5.07. The molecular weight excluding hydrogens is 498 g/mol. The van der Waals surface area contributed by atoms with Gasteiger partial charge < -0.3 is 9.32 Å². The molecule has 0 spiro atoms. The lowest BCUT2D eigenvalue weighted by molar-refractivity contribution is -0.136. The van der Waals surface area contributed by atoms with E-state index in [0.717, 1.165) is 16.3 Å². The minimum absolute atomic E-state index is 0.0453. The number of hydrogen-bond acceptors (Lipinski definition) is 7. The van der Waals surface area contributed by atoms with Crippen molar-refractivity contribution in [3.8, 4) is 0 Å². The third-order valence-electron chi connectivity index (χ3n) is 5.96. The average molecular weight is 530 g/mol. The summed E-state index contributed by atoms with van der Waals surface area (Å²) in [5.41, 5.74) is 4.00. The molecule has 36 heavy (non-hydrogen) atoms. The van der Waals surface area contributed by atoms with Gasteiger partial charge in [0.15, 0.2) is 0 Å². The Balaban J connectivity index is 1.70. The number of sulfonamides is 1. The first-order valence-corrected chi connectivity index (χ1v) is 14.0. The van der Waals surface area contributed by atoms with E-state index < -0.39 is 16.1 Å². The van der Waals surface area contributed by atoms with Gasteiger partial charge in [-0.25, -0.2) is 8.42 Å². The molecule has 1 amide bonds. The van der Waals surface area contributed by atoms with Crippen LogP contribution >= 0.6 is 11.3 Å². The number of hydrogen-bond donors (Lipinski definition) is 0. The molecule has 0 bridgehead atoms. The molecule has 0 N–H and O–H groups in total. The zero-order valence-electron chi connectivity index (χ0n) is 21.1. The van der Waals surface area contributed by atoms with E-state index in [1.165, 1.54) is 28.0 Å². The third kappa shape index (κ3) is 5.53. The largest absolute Gasteiger partial charge is 0.464 e. The Morgan fingerprint density at radius 1 is 1.17 bits per heavy atom. The maximum Gasteiger partial charge on any atom is 0.244 e. The molecular formula is C25H31N5O4S2. The highest BCUT2D eigenvalue weighted by Crippen LogP contribution is 2.27. The van der Waals surface area contributed by atoms with Crippen LogP contribution in [0.1, 0.15) is 37.0 Å². The monoisotopic (exact) mass is 529 g/mol. The molecule has 192 valence electrons. The molecule has 4 rings (SSSR count). The van der Waals surface area contributed by atoms with Gasteiger partial charge in [0.05, 0.1) is 41.1 Å². The number of benzene rings is 1. The zero-order valence-corrected chi connectivity index (χ0v) is 22.7. The van der Waals surface area contributed by atoms with Crippen LogP contribution in [0.25, 0.3) is 11.0 Å². The van der Waals surface area contributed by atoms with Gasteiger partial charge in [-0.05, 0) is 50.1 Å². The van der Waals surface area contributed by atoms with Crippen molar-refractivity contribution in [1.82, 2.24) is 24.0 Å². The van der Waals surface area contributed by atoms with Crippen molar-refractivity contribution in [2.24, 2.45) is 13.0 Å². The summed E-state index contributed by atoms with van der Waals surface area (Å²) in [5.74, 6) is -0.0643. The summed E-state index contributed by atoms with van der Waals surface area (Å²) in [6, 6.07) is 7.45. The predicted molar refractivity (Wildman–Crippen MR) is 139 cm³/mol. The minimum Gasteiger partial charge on any atom is -0.464 e. The lowest BCUT2D eigenvalue weighted by Crippen LogP contribution is -2.49. The molecule has 0 radical (unpaired) electrons. The molecule has 9 nitrogen and oxygen atoms in total. The summed E-state index contributed by atoms with van der Waals surface area (Å²) in [7, 11) is -2.18. The molecule has 0 saturated carbocycles. The van der Waals surface area contributed by atoms with Crippen LogP contribution in [0.4, 0.5) is 0 Å². The Labute approximate surface area is 215 Å². The summed E-state index contributed by atoms with van der Waals surface area (Å²) in [6.07, 6.45) is 3.15. The van der Waals surface area contributed by atoms with E-state index in [1.54, 1.807) is 46.4 Å². The molecule has 0 saturated heterocycles. The first-order chi connectivity index (χ1) is 17.1. The van der Waals surface area contributed by atoms with Crippen LogP contribution in [-0.2, 0) is 35.0 Å². The molecule has 11 heteroatoms. The topological polar surface area (TPSA) is 102 Å². The summed E-state index contributed by atoms with van der Waals surface area (Å²) in [4.78, 5) is 20.6. The summed E-state index contributed by atoms with van der Waals surface area (Å²) in [6.45, 7) is 8.50. The number of rotatable bonds is 10. The van der Waals surface area contributed by atoms with E-state index in [2.05, 4.69) is 10.1 Å². The van der Waals surface area contributed by atoms with Crippen molar-refractivity contribution >= 4 is 38.2 Å². The number of aromatic nitrogens is 3. The third-order valence-corrected chi connectivity index (χ3v) is 8.64. The van der Waals surface area contributed by atoms with Crippen molar-refractivity contribution in [2.45, 2.75) is 51.7 Å². The Morgan fingerprint density at radius 3 is 2.58 bits per heavy atom. The lowest BCUT2D eigenvalue weighted by atomic mass is 10.1. The van der Waals surface area contributed by atoms with Crippen LogP contribution in [0.2, 0.25) is 0 Å². The maximum absolute atomic E-state index is 13.9. The number of nitrogens with zero attached hydrogens (tertiary/aromatic N) is 5. The number of aryl methyl sites for hydroxylation is 2. The van der Waals surface area contributed by atoms with Gasteiger partial charge >= 0.3 is 0 Å². The summed E-state index contributed by atoms with van der Waals surface area (Å²) < 4.78 is 36.2. The number of carbonyl (C=O) groups is 1. The number of carbonyl (C=O) groups excluding carboxylic acids is 1. The number of thiazole rings is 1. The minimum atomic E-state index is -4.02. The van der Waals surface area contributed by atoms with Gasteiger partial charge in [-0.3, -0.25) is 14.5 Å². The van der Waals surface area contributed by atoms with Crippen molar-refractivity contribution in [1.29, 1.82) is 0 Å². The van der Waals surface area contributed by atoms with E-state index in [1.807, 2.05) is 33.9 Å². The molecule has 0 unspecified atom stereocenters. The Morgan fingerprint density at radius 2 is 1.94 bits per heavy atom. The Hall–Kier alpha value is -3.02. The molecule has 3 aromatic heterocycles. The standard InChI is InChI=1S/C25H31N5O4S2/c1-17(2)13-29(14-21-10-18(3)27-28(21)5)25(31)19(4)30(15-22-12-26-16-35-22)36(32,33)23-6-7-24-20(11-23)8-9-34-24/h6-12,16-17,19H,13-15H2,1-5H3/t19-/m0/s1. The smallest absolute Gasteiger partial charge is 0.244 e. The van der Waals surface area contributed by atoms with Crippen LogP contribution in [0.5, 0.6) is 0 Å². The Bertz CT molecular complexity index is 1440. The summed E-state index contributed by atoms with van der Waals surface area (Å²) >= 11 is 1.35. The average Bonchev–Trinajstić information content (AvgIpc) is 3.57. The molecule has 0 aliphatic carbocycles. The quantitative estimate of drug-likeness (QED) is 0.305. The molecule has 1 aromatic carbocycles. The van der Waals surface area contributed by atoms with E-state index in [9.17, 15) is 13.2 Å². The number of furan rings is 1. The predicted octanol–water partition coefficient (Wildman–Crippen LogP) is 4.20. The highest BCUT2D eigenvalue weighted by Gasteiger charge is 2.36. The van der Waals surface area contributed by atoms with E-state index in [4.69, 9.17) is 4.42 Å². The molecule has 0 aliphatic heterocycles. The van der Waals surface area contributed by atoms with Crippen molar-refractivity contribution in [3.05, 3.63) is 64.6 Å². The first-order valence-electron chi connectivity index (χ1n) is 11.7. The second-order valence-corrected chi connectivity index (χ2v) is 12.2. The van der Waals surface area contributed by atoms with Gasteiger partial charge in [-0.1, -0.05) is 13.8 Å². The normalized spacial score (nSPS) is 13.1. The fourth-order valence-electron chi connectivity index (χ4n) is 4.21. The zero-order chi connectivity index (χ0) is 26.0. The molecule has 0 aliphatic rings. The Kier molecular flexibility index (Phi) is 7.62. The van der Waals surface area contributed by atoms with Crippen molar-refractivity contribution < 1.29 is 17.6 Å². The van der Waals surface area contributed by atoms with Gasteiger partial charge in [0.2, 0.25) is 15.9 Å². The number of fused-ring (bicyclic) bond motifs is 1. The van der Waals surface area contributed by atoms with Crippen LogP contribution in [0, 0.1) is 12.8 Å². The van der Waals surface area contributed by atoms with E-state index in [-0.39, 0.29) is 23.3 Å². The molecule has 1 atom stereocenters. The van der Waals surface area contributed by atoms with E-state index in [0.29, 0.717) is 24.1 Å². The van der Waals surface area contributed by atoms with Gasteiger partial charge in [0.25, 0.3) is 0 Å². The van der Waals surface area contributed by atoms with Crippen molar-refractivity contribution in [2.75, 3.05) is 6.54 Å². The van der Waals surface area contributed by atoms with Crippen LogP contribution in [0.3, 0.4) is 0 Å². The van der Waals surface area contributed by atoms with Crippen molar-refractivity contribution in [3.63, 3.8) is 0 Å². The van der Waals surface area contributed by atoms with Crippen LogP contribution < -0.4 is 0 Å². The highest BCUT2D eigenvalue weighted by atomic mass is 32.2. The maximum atomic E-state index is 13.9. The molecule has 4 aromatic rings. The number of amides is 1. The lowest BCUT2D eigenvalue weighted by Gasteiger charge is -2.33. The highest BCUT2D eigenvalue weighted by molar-refractivity contribution is 7.89. The van der Waals surface area contributed by atoms with Gasteiger partial charge in [-0.2, -0.15) is 9.40 Å².